The van der Waals surface area contributed by atoms with Crippen molar-refractivity contribution in [3.05, 3.63) is 18.5 Å². The molecule has 3 N–H and O–H groups in total. The number of carbonyl (C=O) groups excluding carboxylic acids is 1. The molecule has 0 unspecified atom stereocenters. The van der Waals surface area contributed by atoms with Crippen molar-refractivity contribution in [3.63, 3.8) is 0 Å². The van der Waals surface area contributed by atoms with Crippen molar-refractivity contribution in [2.75, 3.05) is 5.32 Å². The molecule has 0 atom stereocenters. The summed E-state index contributed by atoms with van der Waals surface area (Å²) in [4.78, 5) is 16.3. The van der Waals surface area contributed by atoms with E-state index in [4.69, 9.17) is 0 Å². The molecule has 7 heteroatoms. The number of imidazole rings is 1. The highest BCUT2D eigenvalue weighted by Crippen LogP contribution is 2.31. The van der Waals surface area contributed by atoms with Crippen LogP contribution in [-0.4, -0.2) is 36.4 Å². The van der Waals surface area contributed by atoms with Crippen LogP contribution in [0.5, 0.6) is 0 Å². The Bertz CT molecular complexity index is 654. The minimum Gasteiger partial charge on any atom is -0.389 e. The number of aromatic amines is 1. The van der Waals surface area contributed by atoms with Crippen LogP contribution in [0.15, 0.2) is 18.5 Å². The monoisotopic (exact) mass is 303 g/mol. The molecule has 0 bridgehead atoms. The molecule has 2 aromatic rings. The van der Waals surface area contributed by atoms with E-state index >= 15 is 0 Å². The van der Waals surface area contributed by atoms with Crippen LogP contribution in [0.25, 0.3) is 11.5 Å². The Hall–Kier alpha value is -2.15. The molecular weight excluding hydrogens is 282 g/mol. The largest absolute Gasteiger partial charge is 0.389 e. The van der Waals surface area contributed by atoms with E-state index in [1.165, 1.54) is 0 Å². The van der Waals surface area contributed by atoms with Crippen LogP contribution >= 0.6 is 0 Å². The van der Waals surface area contributed by atoms with Crippen molar-refractivity contribution in [1.82, 2.24) is 19.7 Å². The molecule has 1 aliphatic carbocycles. The van der Waals surface area contributed by atoms with Gasteiger partial charge in [0.2, 0.25) is 5.91 Å². The third-order valence-corrected chi connectivity index (χ3v) is 4.18. The van der Waals surface area contributed by atoms with E-state index in [1.807, 2.05) is 17.8 Å². The summed E-state index contributed by atoms with van der Waals surface area (Å²) in [6.07, 6.45) is 8.15. The van der Waals surface area contributed by atoms with Crippen LogP contribution in [0.3, 0.4) is 0 Å². The molecule has 3 rings (SSSR count). The number of hydrogen-bond acceptors (Lipinski definition) is 4. The van der Waals surface area contributed by atoms with Gasteiger partial charge < -0.3 is 15.0 Å². The van der Waals surface area contributed by atoms with Gasteiger partial charge in [0.1, 0.15) is 5.69 Å². The minimum atomic E-state index is -0.860. The second-order valence-corrected chi connectivity index (χ2v) is 6.04. The number of H-pyrrole nitrogens is 1. The summed E-state index contributed by atoms with van der Waals surface area (Å²) in [5, 5.41) is 20.1. The molecule has 118 valence electrons. The molecular formula is C15H21N5O2. The predicted molar refractivity (Wildman–Crippen MR) is 82.1 cm³/mol. The molecule has 0 spiro atoms. The summed E-state index contributed by atoms with van der Waals surface area (Å²) in [5.74, 6) is 0.989. The first-order chi connectivity index (χ1) is 10.6. The third kappa shape index (κ3) is 3.19. The fourth-order valence-corrected chi connectivity index (χ4v) is 3.00. The van der Waals surface area contributed by atoms with E-state index in [9.17, 15) is 9.90 Å². The number of nitrogens with zero attached hydrogens (tertiary/aromatic N) is 3. The highest BCUT2D eigenvalue weighted by molar-refractivity contribution is 5.90. The van der Waals surface area contributed by atoms with Crippen LogP contribution < -0.4 is 5.32 Å². The molecule has 1 saturated carbocycles. The van der Waals surface area contributed by atoms with Gasteiger partial charge in [0.15, 0.2) is 11.6 Å². The van der Waals surface area contributed by atoms with Crippen LogP contribution in [0, 0.1) is 0 Å². The number of anilines is 1. The molecule has 7 nitrogen and oxygen atoms in total. The Balaban J connectivity index is 1.62. The zero-order valence-corrected chi connectivity index (χ0v) is 12.7. The van der Waals surface area contributed by atoms with Crippen LogP contribution in [0.2, 0.25) is 0 Å². The van der Waals surface area contributed by atoms with Gasteiger partial charge in [-0.25, -0.2) is 4.98 Å². The SMILES string of the molecule is Cn1ccnc1-c1cc(NC(=O)CC2(O)CCCCC2)n[nH]1. The van der Waals surface area contributed by atoms with Crippen molar-refractivity contribution in [2.24, 2.45) is 7.05 Å². The standard InChI is InChI=1S/C15H21N5O2/c1-20-8-7-16-14(20)11-9-12(19-18-11)17-13(21)10-15(22)5-3-2-4-6-15/h7-9,22H,2-6,10H2,1H3,(H2,17,18,19,21). The topological polar surface area (TPSA) is 95.8 Å². The smallest absolute Gasteiger partial charge is 0.228 e. The highest BCUT2D eigenvalue weighted by atomic mass is 16.3. The summed E-state index contributed by atoms with van der Waals surface area (Å²) >= 11 is 0. The molecule has 2 heterocycles. The van der Waals surface area contributed by atoms with E-state index in [1.54, 1.807) is 12.3 Å². The van der Waals surface area contributed by atoms with Gasteiger partial charge in [0.05, 0.1) is 12.0 Å². The second kappa shape index (κ2) is 5.92. The van der Waals surface area contributed by atoms with Crippen LogP contribution in [0.1, 0.15) is 38.5 Å². The average molecular weight is 303 g/mol. The lowest BCUT2D eigenvalue weighted by Gasteiger charge is -2.31. The Morgan fingerprint density at radius 2 is 2.23 bits per heavy atom. The zero-order chi connectivity index (χ0) is 15.6. The number of rotatable bonds is 4. The molecule has 0 radical (unpaired) electrons. The highest BCUT2D eigenvalue weighted by Gasteiger charge is 2.31. The number of carbonyl (C=O) groups is 1. The third-order valence-electron chi connectivity index (χ3n) is 4.18. The average Bonchev–Trinajstić information content (AvgIpc) is 3.07. The van der Waals surface area contributed by atoms with Gasteiger partial charge in [-0.3, -0.25) is 9.89 Å². The fraction of sp³-hybridized carbons (Fsp3) is 0.533. The molecule has 22 heavy (non-hydrogen) atoms. The summed E-state index contributed by atoms with van der Waals surface area (Å²) in [6.45, 7) is 0. The first-order valence-corrected chi connectivity index (χ1v) is 7.61. The van der Waals surface area contributed by atoms with Crippen LogP contribution in [0.4, 0.5) is 5.82 Å². The van der Waals surface area contributed by atoms with Gasteiger partial charge >= 0.3 is 0 Å². The quantitative estimate of drug-likeness (QED) is 0.803. The van der Waals surface area contributed by atoms with E-state index in [2.05, 4.69) is 20.5 Å². The zero-order valence-electron chi connectivity index (χ0n) is 12.7. The first kappa shape index (κ1) is 14.8. The van der Waals surface area contributed by atoms with Crippen molar-refractivity contribution in [2.45, 2.75) is 44.1 Å². The molecule has 2 aromatic heterocycles. The van der Waals surface area contributed by atoms with E-state index in [0.29, 0.717) is 18.7 Å². The number of aromatic nitrogens is 4. The number of aryl methyl sites for hydroxylation is 1. The summed E-state index contributed by atoms with van der Waals surface area (Å²) in [6, 6.07) is 1.74. The van der Waals surface area contributed by atoms with Crippen molar-refractivity contribution in [3.8, 4) is 11.5 Å². The van der Waals surface area contributed by atoms with Gasteiger partial charge in [0, 0.05) is 25.5 Å². The number of amides is 1. The number of nitrogens with one attached hydrogen (secondary N) is 2. The Labute approximate surface area is 128 Å². The molecule has 1 fully saturated rings. The number of hydrogen-bond donors (Lipinski definition) is 3. The van der Waals surface area contributed by atoms with Crippen molar-refractivity contribution >= 4 is 11.7 Å². The molecule has 0 aliphatic heterocycles. The Morgan fingerprint density at radius 3 is 2.91 bits per heavy atom. The molecule has 0 aromatic carbocycles. The first-order valence-electron chi connectivity index (χ1n) is 7.61. The maximum Gasteiger partial charge on any atom is 0.228 e. The minimum absolute atomic E-state index is 0.123. The van der Waals surface area contributed by atoms with E-state index in [-0.39, 0.29) is 12.3 Å². The Morgan fingerprint density at radius 1 is 1.45 bits per heavy atom. The van der Waals surface area contributed by atoms with Gasteiger partial charge in [-0.15, -0.1) is 0 Å². The Kier molecular flexibility index (Phi) is 3.98. The molecule has 1 aliphatic rings. The second-order valence-electron chi connectivity index (χ2n) is 6.04. The maximum absolute atomic E-state index is 12.1. The summed E-state index contributed by atoms with van der Waals surface area (Å²) in [7, 11) is 1.89. The van der Waals surface area contributed by atoms with Crippen LogP contribution in [-0.2, 0) is 11.8 Å². The fourth-order valence-electron chi connectivity index (χ4n) is 3.00. The molecule has 1 amide bonds. The van der Waals surface area contributed by atoms with Crippen molar-refractivity contribution in [1.29, 1.82) is 0 Å². The predicted octanol–water partition coefficient (Wildman–Crippen LogP) is 1.83. The lowest BCUT2D eigenvalue weighted by molar-refractivity contribution is -0.122. The number of aliphatic hydroxyl groups is 1. The summed E-state index contributed by atoms with van der Waals surface area (Å²) in [5.41, 5.74) is -0.125. The summed E-state index contributed by atoms with van der Waals surface area (Å²) < 4.78 is 1.86. The van der Waals surface area contributed by atoms with Gasteiger partial charge in [0.25, 0.3) is 0 Å². The van der Waals surface area contributed by atoms with E-state index in [0.717, 1.165) is 30.8 Å². The lowest BCUT2D eigenvalue weighted by atomic mass is 9.82. The molecule has 0 saturated heterocycles. The maximum atomic E-state index is 12.1. The van der Waals surface area contributed by atoms with Gasteiger partial charge in [-0.1, -0.05) is 19.3 Å². The van der Waals surface area contributed by atoms with Gasteiger partial charge in [-0.05, 0) is 12.8 Å². The van der Waals surface area contributed by atoms with E-state index < -0.39 is 5.60 Å². The lowest BCUT2D eigenvalue weighted by Crippen LogP contribution is -2.35. The normalized spacial score (nSPS) is 17.4. The van der Waals surface area contributed by atoms with Gasteiger partial charge in [-0.2, -0.15) is 5.10 Å². The van der Waals surface area contributed by atoms with Crippen molar-refractivity contribution < 1.29 is 9.90 Å².